The van der Waals surface area contributed by atoms with Crippen LogP contribution in [0.5, 0.6) is 5.75 Å². The molecule has 0 amide bonds. The van der Waals surface area contributed by atoms with E-state index in [-0.39, 0.29) is 5.56 Å². The van der Waals surface area contributed by atoms with Gasteiger partial charge in [-0.1, -0.05) is 37.3 Å². The average molecular weight is 230 g/mol. The maximum Gasteiger partial charge on any atom is 0.339 e. The van der Waals surface area contributed by atoms with Crippen molar-refractivity contribution in [2.24, 2.45) is 0 Å². The van der Waals surface area contributed by atoms with Gasteiger partial charge in [0.15, 0.2) is 0 Å². The largest absolute Gasteiger partial charge is 0.495 e. The van der Waals surface area contributed by atoms with Crippen molar-refractivity contribution in [3.05, 3.63) is 41.5 Å². The molecule has 2 aromatic carbocycles. The van der Waals surface area contributed by atoms with Gasteiger partial charge in [-0.25, -0.2) is 4.79 Å². The molecule has 0 bridgehead atoms. The average Bonchev–Trinajstić information content (AvgIpc) is 2.35. The first-order valence-electron chi connectivity index (χ1n) is 5.51. The number of benzene rings is 2. The number of ether oxygens (including phenoxy) is 1. The van der Waals surface area contributed by atoms with Gasteiger partial charge in [0.25, 0.3) is 0 Å². The van der Waals surface area contributed by atoms with E-state index in [4.69, 9.17) is 4.74 Å². The van der Waals surface area contributed by atoms with E-state index in [9.17, 15) is 9.90 Å². The number of fused-ring (bicyclic) bond motifs is 1. The second kappa shape index (κ2) is 4.45. The van der Waals surface area contributed by atoms with Crippen LogP contribution in [-0.4, -0.2) is 18.2 Å². The maximum absolute atomic E-state index is 11.3. The summed E-state index contributed by atoms with van der Waals surface area (Å²) < 4.78 is 5.28. The van der Waals surface area contributed by atoms with Crippen LogP contribution in [0.15, 0.2) is 30.3 Å². The maximum atomic E-state index is 11.3. The zero-order chi connectivity index (χ0) is 12.4. The summed E-state index contributed by atoms with van der Waals surface area (Å²) in [6.45, 7) is 1.94. The highest BCUT2D eigenvalue weighted by molar-refractivity contribution is 6.02. The monoisotopic (exact) mass is 230 g/mol. The first-order chi connectivity index (χ1) is 8.19. The van der Waals surface area contributed by atoms with Gasteiger partial charge in [0, 0.05) is 5.39 Å². The molecular weight excluding hydrogens is 216 g/mol. The van der Waals surface area contributed by atoms with Crippen LogP contribution in [0.1, 0.15) is 22.8 Å². The summed E-state index contributed by atoms with van der Waals surface area (Å²) in [4.78, 5) is 11.3. The third-order valence-electron chi connectivity index (χ3n) is 2.88. The molecule has 3 nitrogen and oxygen atoms in total. The smallest absolute Gasteiger partial charge is 0.339 e. The molecule has 2 aromatic rings. The Morgan fingerprint density at radius 2 is 2.06 bits per heavy atom. The van der Waals surface area contributed by atoms with Gasteiger partial charge in [-0.05, 0) is 17.4 Å². The van der Waals surface area contributed by atoms with Gasteiger partial charge in [-0.3, -0.25) is 0 Å². The lowest BCUT2D eigenvalue weighted by atomic mass is 9.98. The van der Waals surface area contributed by atoms with Crippen LogP contribution in [0.2, 0.25) is 0 Å². The van der Waals surface area contributed by atoms with Gasteiger partial charge in [0.1, 0.15) is 11.3 Å². The van der Waals surface area contributed by atoms with Gasteiger partial charge in [-0.2, -0.15) is 0 Å². The Hall–Kier alpha value is -2.03. The lowest BCUT2D eigenvalue weighted by Gasteiger charge is -2.13. The number of hydrogen-bond donors (Lipinski definition) is 1. The number of rotatable bonds is 3. The Kier molecular flexibility index (Phi) is 3.00. The molecule has 88 valence electrons. The van der Waals surface area contributed by atoms with E-state index in [1.54, 1.807) is 0 Å². The summed E-state index contributed by atoms with van der Waals surface area (Å²) in [5.41, 5.74) is 1.07. The van der Waals surface area contributed by atoms with Crippen molar-refractivity contribution in [2.75, 3.05) is 7.11 Å². The van der Waals surface area contributed by atoms with E-state index < -0.39 is 5.97 Å². The molecule has 0 saturated carbocycles. The van der Waals surface area contributed by atoms with E-state index in [1.165, 1.54) is 7.11 Å². The van der Waals surface area contributed by atoms with Gasteiger partial charge in [0.05, 0.1) is 7.11 Å². The number of carboxylic acids is 1. The molecule has 0 radical (unpaired) electrons. The Labute approximate surface area is 99.6 Å². The van der Waals surface area contributed by atoms with Gasteiger partial charge >= 0.3 is 5.97 Å². The van der Waals surface area contributed by atoms with Gasteiger partial charge in [-0.15, -0.1) is 0 Å². The predicted molar refractivity (Wildman–Crippen MR) is 66.8 cm³/mol. The second-order valence-corrected chi connectivity index (χ2v) is 3.82. The van der Waals surface area contributed by atoms with Crippen molar-refractivity contribution in [2.45, 2.75) is 13.3 Å². The molecule has 0 atom stereocenters. The minimum Gasteiger partial charge on any atom is -0.495 e. The van der Waals surface area contributed by atoms with Crippen LogP contribution in [0.25, 0.3) is 10.8 Å². The first-order valence-corrected chi connectivity index (χ1v) is 5.51. The molecule has 1 N–H and O–H groups in total. The molecule has 0 saturated heterocycles. The highest BCUT2D eigenvalue weighted by Crippen LogP contribution is 2.32. The van der Waals surface area contributed by atoms with E-state index in [0.717, 1.165) is 16.3 Å². The normalized spacial score (nSPS) is 10.5. The van der Waals surface area contributed by atoms with Crippen LogP contribution in [-0.2, 0) is 6.42 Å². The number of methoxy groups -OCH3 is 1. The fourth-order valence-corrected chi connectivity index (χ4v) is 2.10. The van der Waals surface area contributed by atoms with Crippen LogP contribution in [0, 0.1) is 0 Å². The molecule has 0 heterocycles. The van der Waals surface area contributed by atoms with Crippen molar-refractivity contribution in [3.63, 3.8) is 0 Å². The van der Waals surface area contributed by atoms with Gasteiger partial charge in [0.2, 0.25) is 0 Å². The summed E-state index contributed by atoms with van der Waals surface area (Å²) in [7, 11) is 1.51. The summed E-state index contributed by atoms with van der Waals surface area (Å²) in [6.07, 6.45) is 0.669. The number of aromatic carboxylic acids is 1. The fraction of sp³-hybridized carbons (Fsp3) is 0.214. The van der Waals surface area contributed by atoms with Crippen molar-refractivity contribution < 1.29 is 14.6 Å². The molecule has 0 aliphatic rings. The Morgan fingerprint density at radius 1 is 1.35 bits per heavy atom. The summed E-state index contributed by atoms with van der Waals surface area (Å²) >= 11 is 0. The summed E-state index contributed by atoms with van der Waals surface area (Å²) in [5, 5.41) is 11.1. The lowest BCUT2D eigenvalue weighted by Crippen LogP contribution is -2.05. The van der Waals surface area contributed by atoms with Crippen LogP contribution in [0.3, 0.4) is 0 Å². The van der Waals surface area contributed by atoms with Crippen LogP contribution < -0.4 is 4.74 Å². The molecule has 3 heteroatoms. The predicted octanol–water partition coefficient (Wildman–Crippen LogP) is 3.11. The number of hydrogen-bond acceptors (Lipinski definition) is 2. The summed E-state index contributed by atoms with van der Waals surface area (Å²) in [6, 6.07) is 9.56. The molecule has 0 aliphatic heterocycles. The second-order valence-electron chi connectivity index (χ2n) is 3.82. The number of carboxylic acid groups (broad SMARTS) is 1. The SMILES string of the molecule is CCc1cc2ccccc2c(OC)c1C(=O)O. The van der Waals surface area contributed by atoms with E-state index in [2.05, 4.69) is 0 Å². The zero-order valence-corrected chi connectivity index (χ0v) is 9.86. The van der Waals surface area contributed by atoms with Crippen molar-refractivity contribution >= 4 is 16.7 Å². The topological polar surface area (TPSA) is 46.5 Å². The molecule has 17 heavy (non-hydrogen) atoms. The minimum atomic E-state index is -0.940. The van der Waals surface area contributed by atoms with Gasteiger partial charge < -0.3 is 9.84 Å². The van der Waals surface area contributed by atoms with E-state index >= 15 is 0 Å². The Balaban J connectivity index is 2.89. The molecule has 2 rings (SSSR count). The third kappa shape index (κ3) is 1.84. The summed E-state index contributed by atoms with van der Waals surface area (Å²) in [5.74, 6) is -0.489. The third-order valence-corrected chi connectivity index (χ3v) is 2.88. The molecule has 0 aliphatic carbocycles. The fourth-order valence-electron chi connectivity index (χ4n) is 2.10. The Morgan fingerprint density at radius 3 is 2.65 bits per heavy atom. The first kappa shape index (κ1) is 11.5. The highest BCUT2D eigenvalue weighted by atomic mass is 16.5. The molecule has 0 fully saturated rings. The highest BCUT2D eigenvalue weighted by Gasteiger charge is 2.18. The van der Waals surface area contributed by atoms with Crippen molar-refractivity contribution in [1.82, 2.24) is 0 Å². The standard InChI is InChI=1S/C14H14O3/c1-3-9-8-10-6-4-5-7-11(10)13(17-2)12(9)14(15)16/h4-8H,3H2,1-2H3,(H,15,16). The zero-order valence-electron chi connectivity index (χ0n) is 9.86. The molecule has 0 spiro atoms. The van der Waals surface area contributed by atoms with Crippen LogP contribution in [0.4, 0.5) is 0 Å². The van der Waals surface area contributed by atoms with Crippen molar-refractivity contribution in [3.8, 4) is 5.75 Å². The van der Waals surface area contributed by atoms with Crippen LogP contribution >= 0.6 is 0 Å². The quantitative estimate of drug-likeness (QED) is 0.881. The number of aryl methyl sites for hydroxylation is 1. The lowest BCUT2D eigenvalue weighted by molar-refractivity contribution is 0.0692. The molecular formula is C14H14O3. The molecule has 0 unspecified atom stereocenters. The minimum absolute atomic E-state index is 0.272. The Bertz CT molecular complexity index is 573. The van der Waals surface area contributed by atoms with E-state index in [0.29, 0.717) is 12.2 Å². The molecule has 0 aromatic heterocycles. The van der Waals surface area contributed by atoms with Crippen molar-refractivity contribution in [1.29, 1.82) is 0 Å². The number of carbonyl (C=O) groups is 1. The van der Waals surface area contributed by atoms with E-state index in [1.807, 2.05) is 37.3 Å².